The molecule has 0 saturated carbocycles. The molecular formula is C11H19N3O. The molecule has 0 aromatic carbocycles. The van der Waals surface area contributed by atoms with Gasteiger partial charge in [0.25, 0.3) is 0 Å². The van der Waals surface area contributed by atoms with Gasteiger partial charge in [-0.3, -0.25) is 0 Å². The second kappa shape index (κ2) is 5.16. The minimum absolute atomic E-state index is 0.459. The van der Waals surface area contributed by atoms with E-state index in [1.807, 2.05) is 12.4 Å². The molecule has 1 atom stereocenters. The Labute approximate surface area is 90.6 Å². The standard InChI is InChI=1S/C11H19N3O/c1-2-5-12-11-13-6-7-14(11)10-4-3-8-15-9-10/h6-7,10H,2-5,8-9H2,1H3,(H,12,13). The van der Waals surface area contributed by atoms with Crippen molar-refractivity contribution in [2.75, 3.05) is 25.1 Å². The maximum Gasteiger partial charge on any atom is 0.203 e. The Kier molecular flexibility index (Phi) is 3.61. The zero-order chi connectivity index (χ0) is 10.5. The molecule has 0 bridgehead atoms. The monoisotopic (exact) mass is 209 g/mol. The van der Waals surface area contributed by atoms with Crippen LogP contribution < -0.4 is 5.32 Å². The number of aromatic nitrogens is 2. The van der Waals surface area contributed by atoms with E-state index in [-0.39, 0.29) is 0 Å². The van der Waals surface area contributed by atoms with Gasteiger partial charge in [-0.2, -0.15) is 0 Å². The van der Waals surface area contributed by atoms with Gasteiger partial charge in [0.2, 0.25) is 5.95 Å². The molecule has 1 N–H and O–H groups in total. The summed E-state index contributed by atoms with van der Waals surface area (Å²) in [7, 11) is 0. The highest BCUT2D eigenvalue weighted by atomic mass is 16.5. The highest BCUT2D eigenvalue weighted by Gasteiger charge is 2.17. The second-order valence-electron chi connectivity index (χ2n) is 3.96. The molecular weight excluding hydrogens is 190 g/mol. The van der Waals surface area contributed by atoms with E-state index in [9.17, 15) is 0 Å². The summed E-state index contributed by atoms with van der Waals surface area (Å²) in [6.45, 7) is 4.86. The van der Waals surface area contributed by atoms with Crippen molar-refractivity contribution in [3.05, 3.63) is 12.4 Å². The number of hydrogen-bond acceptors (Lipinski definition) is 3. The van der Waals surface area contributed by atoms with Crippen LogP contribution in [0.3, 0.4) is 0 Å². The predicted molar refractivity (Wildman–Crippen MR) is 60.1 cm³/mol. The van der Waals surface area contributed by atoms with E-state index in [1.165, 1.54) is 6.42 Å². The first-order chi connectivity index (χ1) is 7.42. The van der Waals surface area contributed by atoms with Crippen LogP contribution in [0.25, 0.3) is 0 Å². The van der Waals surface area contributed by atoms with E-state index in [4.69, 9.17) is 4.74 Å². The van der Waals surface area contributed by atoms with E-state index < -0.39 is 0 Å². The normalized spacial score (nSPS) is 21.5. The van der Waals surface area contributed by atoms with Crippen LogP contribution in [0.5, 0.6) is 0 Å². The van der Waals surface area contributed by atoms with Gasteiger partial charge in [-0.05, 0) is 19.3 Å². The van der Waals surface area contributed by atoms with Crippen molar-refractivity contribution in [3.8, 4) is 0 Å². The molecule has 2 rings (SSSR count). The zero-order valence-corrected chi connectivity index (χ0v) is 9.28. The van der Waals surface area contributed by atoms with Crippen molar-refractivity contribution in [1.82, 2.24) is 9.55 Å². The highest BCUT2D eigenvalue weighted by molar-refractivity contribution is 5.26. The highest BCUT2D eigenvalue weighted by Crippen LogP contribution is 2.22. The summed E-state index contributed by atoms with van der Waals surface area (Å²) in [5, 5.41) is 3.34. The van der Waals surface area contributed by atoms with Crippen LogP contribution in [0.2, 0.25) is 0 Å². The van der Waals surface area contributed by atoms with Crippen molar-refractivity contribution in [3.63, 3.8) is 0 Å². The maximum atomic E-state index is 5.49. The summed E-state index contributed by atoms with van der Waals surface area (Å²) in [6, 6.07) is 0.459. The lowest BCUT2D eigenvalue weighted by atomic mass is 10.1. The van der Waals surface area contributed by atoms with Crippen LogP contribution >= 0.6 is 0 Å². The molecule has 15 heavy (non-hydrogen) atoms. The summed E-state index contributed by atoms with van der Waals surface area (Å²) in [4.78, 5) is 4.33. The van der Waals surface area contributed by atoms with E-state index in [2.05, 4.69) is 21.8 Å². The van der Waals surface area contributed by atoms with Gasteiger partial charge < -0.3 is 14.6 Å². The van der Waals surface area contributed by atoms with Gasteiger partial charge in [-0.15, -0.1) is 0 Å². The van der Waals surface area contributed by atoms with Crippen LogP contribution in [0.15, 0.2) is 12.4 Å². The van der Waals surface area contributed by atoms with Gasteiger partial charge in [0, 0.05) is 25.5 Å². The number of nitrogens with one attached hydrogen (secondary N) is 1. The molecule has 0 aliphatic carbocycles. The summed E-state index contributed by atoms with van der Waals surface area (Å²) < 4.78 is 7.69. The SMILES string of the molecule is CCCNc1nccn1C1CCCOC1. The molecule has 1 unspecified atom stereocenters. The molecule has 2 heterocycles. The Morgan fingerprint density at radius 2 is 2.60 bits per heavy atom. The Balaban J connectivity index is 2.02. The fourth-order valence-electron chi connectivity index (χ4n) is 1.92. The van der Waals surface area contributed by atoms with E-state index in [0.717, 1.165) is 38.5 Å². The molecule has 1 fully saturated rings. The molecule has 1 saturated heterocycles. The number of rotatable bonds is 4. The molecule has 4 nitrogen and oxygen atoms in total. The summed E-state index contributed by atoms with van der Waals surface area (Å²) in [5.41, 5.74) is 0. The first-order valence-electron chi connectivity index (χ1n) is 5.76. The molecule has 1 aliphatic heterocycles. The van der Waals surface area contributed by atoms with E-state index in [0.29, 0.717) is 6.04 Å². The van der Waals surface area contributed by atoms with Crippen molar-refractivity contribution in [2.24, 2.45) is 0 Å². The zero-order valence-electron chi connectivity index (χ0n) is 9.28. The van der Waals surface area contributed by atoms with Crippen LogP contribution in [-0.2, 0) is 4.74 Å². The quantitative estimate of drug-likeness (QED) is 0.825. The smallest absolute Gasteiger partial charge is 0.203 e. The minimum Gasteiger partial charge on any atom is -0.379 e. The van der Waals surface area contributed by atoms with Crippen molar-refractivity contribution in [1.29, 1.82) is 0 Å². The first-order valence-corrected chi connectivity index (χ1v) is 5.76. The molecule has 1 aromatic heterocycles. The van der Waals surface area contributed by atoms with Crippen molar-refractivity contribution >= 4 is 5.95 Å². The molecule has 84 valence electrons. The van der Waals surface area contributed by atoms with Crippen molar-refractivity contribution < 1.29 is 4.74 Å². The molecule has 0 amide bonds. The Bertz CT molecular complexity index is 292. The van der Waals surface area contributed by atoms with Gasteiger partial charge in [0.1, 0.15) is 0 Å². The largest absolute Gasteiger partial charge is 0.379 e. The number of ether oxygens (including phenoxy) is 1. The van der Waals surface area contributed by atoms with Gasteiger partial charge >= 0.3 is 0 Å². The van der Waals surface area contributed by atoms with Gasteiger partial charge in [0.05, 0.1) is 12.6 Å². The molecule has 4 heteroatoms. The number of imidazole rings is 1. The van der Waals surface area contributed by atoms with E-state index >= 15 is 0 Å². The Morgan fingerprint density at radius 3 is 3.33 bits per heavy atom. The van der Waals surface area contributed by atoms with Gasteiger partial charge in [-0.25, -0.2) is 4.98 Å². The Hall–Kier alpha value is -1.03. The predicted octanol–water partition coefficient (Wildman–Crippen LogP) is 2.06. The number of anilines is 1. The van der Waals surface area contributed by atoms with E-state index in [1.54, 1.807) is 0 Å². The molecule has 0 radical (unpaired) electrons. The van der Waals surface area contributed by atoms with Crippen LogP contribution in [0.1, 0.15) is 32.2 Å². The lowest BCUT2D eigenvalue weighted by Crippen LogP contribution is -2.22. The lowest BCUT2D eigenvalue weighted by Gasteiger charge is -2.24. The fourth-order valence-corrected chi connectivity index (χ4v) is 1.92. The Morgan fingerprint density at radius 1 is 1.67 bits per heavy atom. The van der Waals surface area contributed by atoms with Crippen LogP contribution in [0.4, 0.5) is 5.95 Å². The third kappa shape index (κ3) is 2.50. The summed E-state index contributed by atoms with van der Waals surface area (Å²) in [6.07, 6.45) is 7.35. The molecule has 1 aromatic rings. The fraction of sp³-hybridized carbons (Fsp3) is 0.727. The van der Waals surface area contributed by atoms with Gasteiger partial charge in [-0.1, -0.05) is 6.92 Å². The van der Waals surface area contributed by atoms with Crippen molar-refractivity contribution in [2.45, 2.75) is 32.2 Å². The average molecular weight is 209 g/mol. The first kappa shape index (κ1) is 10.5. The maximum absolute atomic E-state index is 5.49. The second-order valence-corrected chi connectivity index (χ2v) is 3.96. The number of hydrogen-bond donors (Lipinski definition) is 1. The average Bonchev–Trinajstić information content (AvgIpc) is 2.75. The van der Waals surface area contributed by atoms with Crippen LogP contribution in [0, 0.1) is 0 Å². The topological polar surface area (TPSA) is 39.1 Å². The summed E-state index contributed by atoms with van der Waals surface area (Å²) >= 11 is 0. The minimum atomic E-state index is 0.459. The van der Waals surface area contributed by atoms with Gasteiger partial charge in [0.15, 0.2) is 0 Å². The third-order valence-electron chi connectivity index (χ3n) is 2.73. The molecule has 0 spiro atoms. The van der Waals surface area contributed by atoms with Crippen LogP contribution in [-0.4, -0.2) is 29.3 Å². The lowest BCUT2D eigenvalue weighted by molar-refractivity contribution is 0.0598. The summed E-state index contributed by atoms with van der Waals surface area (Å²) in [5.74, 6) is 0.979. The third-order valence-corrected chi connectivity index (χ3v) is 2.73. The molecule has 1 aliphatic rings. The number of nitrogens with zero attached hydrogens (tertiary/aromatic N) is 2.